The van der Waals surface area contributed by atoms with Crippen molar-refractivity contribution < 1.29 is 9.18 Å². The van der Waals surface area contributed by atoms with Crippen LogP contribution in [0.5, 0.6) is 0 Å². The summed E-state index contributed by atoms with van der Waals surface area (Å²) in [7, 11) is 0. The molecule has 4 heteroatoms. The number of hydrogen-bond acceptors (Lipinski definition) is 2. The summed E-state index contributed by atoms with van der Waals surface area (Å²) in [4.78, 5) is 11.9. The van der Waals surface area contributed by atoms with Gasteiger partial charge in [-0.1, -0.05) is 6.07 Å². The average Bonchev–Trinajstić information content (AvgIpc) is 2.77. The van der Waals surface area contributed by atoms with Gasteiger partial charge in [-0.2, -0.15) is 0 Å². The molecule has 1 aliphatic heterocycles. The van der Waals surface area contributed by atoms with Gasteiger partial charge < -0.3 is 10.6 Å². The summed E-state index contributed by atoms with van der Waals surface area (Å²) >= 11 is 0. The Bertz CT molecular complexity index is 453. The second-order valence-electron chi connectivity index (χ2n) is 5.24. The molecule has 18 heavy (non-hydrogen) atoms. The maximum atomic E-state index is 13.4. The van der Waals surface area contributed by atoms with Gasteiger partial charge >= 0.3 is 0 Å². The minimum atomic E-state index is -0.340. The Kier molecular flexibility index (Phi) is 3.66. The number of halogens is 1. The Morgan fingerprint density at radius 3 is 2.94 bits per heavy atom. The van der Waals surface area contributed by atoms with Gasteiger partial charge in [0.25, 0.3) is 5.91 Å². The maximum absolute atomic E-state index is 13.4. The highest BCUT2D eigenvalue weighted by Gasteiger charge is 2.28. The van der Waals surface area contributed by atoms with Crippen LogP contribution in [-0.4, -0.2) is 24.5 Å². The van der Waals surface area contributed by atoms with Gasteiger partial charge in [0.1, 0.15) is 5.82 Å². The van der Waals surface area contributed by atoms with Gasteiger partial charge in [0.05, 0.1) is 0 Å². The zero-order chi connectivity index (χ0) is 13.2. The van der Waals surface area contributed by atoms with Crippen LogP contribution in [0.1, 0.15) is 35.7 Å². The van der Waals surface area contributed by atoms with Crippen molar-refractivity contribution in [2.24, 2.45) is 0 Å². The first kappa shape index (κ1) is 13.0. The zero-order valence-electron chi connectivity index (χ0n) is 10.8. The molecular formula is C14H19FN2O. The first-order valence-electron chi connectivity index (χ1n) is 6.30. The predicted octanol–water partition coefficient (Wildman–Crippen LogP) is 2.01. The predicted molar refractivity (Wildman–Crippen MR) is 69.1 cm³/mol. The largest absolute Gasteiger partial charge is 0.350 e. The highest BCUT2D eigenvalue weighted by molar-refractivity contribution is 5.94. The second kappa shape index (κ2) is 5.06. The molecule has 1 fully saturated rings. The first-order chi connectivity index (χ1) is 8.50. The van der Waals surface area contributed by atoms with Crippen molar-refractivity contribution in [2.75, 3.05) is 13.1 Å². The highest BCUT2D eigenvalue weighted by Crippen LogP contribution is 2.17. The number of rotatable bonds is 3. The lowest BCUT2D eigenvalue weighted by atomic mass is 10.0. The Balaban J connectivity index is 1.97. The Morgan fingerprint density at radius 1 is 1.56 bits per heavy atom. The van der Waals surface area contributed by atoms with E-state index < -0.39 is 0 Å². The molecule has 2 rings (SSSR count). The summed E-state index contributed by atoms with van der Waals surface area (Å²) < 4.78 is 13.4. The van der Waals surface area contributed by atoms with Gasteiger partial charge in [-0.3, -0.25) is 4.79 Å². The number of amides is 1. The van der Waals surface area contributed by atoms with Gasteiger partial charge in [-0.15, -0.1) is 0 Å². The standard InChI is InChI=1S/C14H19FN2O/c1-10-4-5-11(8-12(10)15)13(18)16-9-14(2)6-3-7-17-14/h4-5,8,17H,3,6-7,9H2,1-2H3,(H,16,18). The molecule has 3 nitrogen and oxygen atoms in total. The monoisotopic (exact) mass is 250 g/mol. The van der Waals surface area contributed by atoms with Crippen LogP contribution < -0.4 is 10.6 Å². The number of aryl methyl sites for hydroxylation is 1. The molecule has 0 saturated carbocycles. The molecule has 1 aromatic carbocycles. The van der Waals surface area contributed by atoms with Crippen LogP contribution >= 0.6 is 0 Å². The number of hydrogen-bond donors (Lipinski definition) is 2. The minimum Gasteiger partial charge on any atom is -0.350 e. The van der Waals surface area contributed by atoms with Crippen LogP contribution in [0.25, 0.3) is 0 Å². The van der Waals surface area contributed by atoms with E-state index in [-0.39, 0.29) is 17.3 Å². The van der Waals surface area contributed by atoms with E-state index in [0.29, 0.717) is 17.7 Å². The molecule has 1 aromatic rings. The molecule has 0 aromatic heterocycles. The van der Waals surface area contributed by atoms with Crippen LogP contribution in [0.3, 0.4) is 0 Å². The third kappa shape index (κ3) is 2.88. The van der Waals surface area contributed by atoms with Crippen molar-refractivity contribution in [3.8, 4) is 0 Å². The molecule has 1 aliphatic rings. The quantitative estimate of drug-likeness (QED) is 0.861. The molecule has 2 N–H and O–H groups in total. The summed E-state index contributed by atoms with van der Waals surface area (Å²) in [5.41, 5.74) is 0.898. The van der Waals surface area contributed by atoms with Gasteiger partial charge in [0.15, 0.2) is 0 Å². The molecule has 1 heterocycles. The van der Waals surface area contributed by atoms with E-state index in [4.69, 9.17) is 0 Å². The lowest BCUT2D eigenvalue weighted by Crippen LogP contribution is -2.47. The topological polar surface area (TPSA) is 41.1 Å². The van der Waals surface area contributed by atoms with Gasteiger partial charge in [0, 0.05) is 17.6 Å². The third-order valence-corrected chi connectivity index (χ3v) is 3.53. The fraction of sp³-hybridized carbons (Fsp3) is 0.500. The number of benzene rings is 1. The van der Waals surface area contributed by atoms with Gasteiger partial charge in [0.2, 0.25) is 0 Å². The molecule has 1 saturated heterocycles. The van der Waals surface area contributed by atoms with Crippen molar-refractivity contribution in [3.63, 3.8) is 0 Å². The maximum Gasteiger partial charge on any atom is 0.251 e. The SMILES string of the molecule is Cc1ccc(C(=O)NCC2(C)CCCN2)cc1F. The van der Waals surface area contributed by atoms with Crippen LogP contribution in [0.15, 0.2) is 18.2 Å². The molecule has 0 spiro atoms. The summed E-state index contributed by atoms with van der Waals surface area (Å²) in [6.07, 6.45) is 2.18. The average molecular weight is 250 g/mol. The number of nitrogens with one attached hydrogen (secondary N) is 2. The zero-order valence-corrected chi connectivity index (χ0v) is 10.8. The molecule has 0 bridgehead atoms. The molecular weight excluding hydrogens is 231 g/mol. The van der Waals surface area contributed by atoms with Crippen LogP contribution in [0.4, 0.5) is 4.39 Å². The van der Waals surface area contributed by atoms with Crippen molar-refractivity contribution in [1.29, 1.82) is 0 Å². The van der Waals surface area contributed by atoms with Gasteiger partial charge in [-0.25, -0.2) is 4.39 Å². The Morgan fingerprint density at radius 2 is 2.33 bits per heavy atom. The van der Waals surface area contributed by atoms with Crippen LogP contribution in [0, 0.1) is 12.7 Å². The lowest BCUT2D eigenvalue weighted by Gasteiger charge is -2.24. The Labute approximate surface area is 107 Å². The lowest BCUT2D eigenvalue weighted by molar-refractivity contribution is 0.0942. The van der Waals surface area contributed by atoms with Crippen molar-refractivity contribution in [2.45, 2.75) is 32.2 Å². The summed E-state index contributed by atoms with van der Waals surface area (Å²) in [5, 5.41) is 6.23. The van der Waals surface area contributed by atoms with Crippen LogP contribution in [-0.2, 0) is 0 Å². The number of carbonyl (C=O) groups is 1. The van der Waals surface area contributed by atoms with E-state index in [1.807, 2.05) is 0 Å². The van der Waals surface area contributed by atoms with Crippen molar-refractivity contribution >= 4 is 5.91 Å². The highest BCUT2D eigenvalue weighted by atomic mass is 19.1. The normalized spacial score (nSPS) is 23.1. The van der Waals surface area contributed by atoms with E-state index in [1.165, 1.54) is 6.07 Å². The summed E-state index contributed by atoms with van der Waals surface area (Å²) in [5.74, 6) is -0.559. The fourth-order valence-corrected chi connectivity index (χ4v) is 2.22. The molecule has 1 atom stereocenters. The number of carbonyl (C=O) groups excluding carboxylic acids is 1. The van der Waals surface area contributed by atoms with E-state index in [0.717, 1.165) is 19.4 Å². The van der Waals surface area contributed by atoms with E-state index in [2.05, 4.69) is 17.6 Å². The molecule has 0 radical (unpaired) electrons. The molecule has 98 valence electrons. The molecule has 1 amide bonds. The van der Waals surface area contributed by atoms with E-state index in [9.17, 15) is 9.18 Å². The summed E-state index contributed by atoms with van der Waals surface area (Å²) in [6.45, 7) is 5.34. The first-order valence-corrected chi connectivity index (χ1v) is 6.30. The fourth-order valence-electron chi connectivity index (χ4n) is 2.22. The minimum absolute atomic E-state index is 0.0289. The summed E-state index contributed by atoms with van der Waals surface area (Å²) in [6, 6.07) is 4.56. The molecule has 0 aliphatic carbocycles. The van der Waals surface area contributed by atoms with E-state index in [1.54, 1.807) is 19.1 Å². The van der Waals surface area contributed by atoms with Gasteiger partial charge in [-0.05, 0) is 50.9 Å². The smallest absolute Gasteiger partial charge is 0.251 e. The third-order valence-electron chi connectivity index (χ3n) is 3.53. The Hall–Kier alpha value is -1.42. The molecule has 1 unspecified atom stereocenters. The van der Waals surface area contributed by atoms with Crippen molar-refractivity contribution in [3.05, 3.63) is 35.1 Å². The van der Waals surface area contributed by atoms with E-state index >= 15 is 0 Å². The van der Waals surface area contributed by atoms with Crippen LogP contribution in [0.2, 0.25) is 0 Å². The second-order valence-corrected chi connectivity index (χ2v) is 5.24. The van der Waals surface area contributed by atoms with Crippen molar-refractivity contribution in [1.82, 2.24) is 10.6 Å².